The van der Waals surface area contributed by atoms with Crippen LogP contribution in [0.15, 0.2) is 42.5 Å². The standard InChI is InChI=1S/C24H32N2O3/c1-4-24(28)20-6-8-22(9-7-20)29-17-21(27)16-25-11-13-26(14-12-25)23-10-5-18(2)15-19(23)3/h5-10,15,21,27H,4,11-14,16-17H2,1-3H3/t21-/m1/s1. The number of Topliss-reactive ketones (excluding diaryl/α,β-unsaturated/α-hetero) is 1. The minimum absolute atomic E-state index is 0.122. The molecule has 0 aliphatic carbocycles. The molecule has 0 bridgehead atoms. The van der Waals surface area contributed by atoms with Crippen molar-refractivity contribution in [2.24, 2.45) is 0 Å². The third-order valence-electron chi connectivity index (χ3n) is 5.47. The maximum Gasteiger partial charge on any atom is 0.162 e. The molecule has 1 heterocycles. The highest BCUT2D eigenvalue weighted by molar-refractivity contribution is 5.95. The molecule has 0 spiro atoms. The Kier molecular flexibility index (Phi) is 7.29. The highest BCUT2D eigenvalue weighted by Crippen LogP contribution is 2.22. The second kappa shape index (κ2) is 9.90. The van der Waals surface area contributed by atoms with Gasteiger partial charge in [-0.3, -0.25) is 9.69 Å². The van der Waals surface area contributed by atoms with Crippen LogP contribution in [0.1, 0.15) is 34.8 Å². The molecule has 1 aliphatic rings. The van der Waals surface area contributed by atoms with Crippen molar-refractivity contribution >= 4 is 11.5 Å². The summed E-state index contributed by atoms with van der Waals surface area (Å²) in [5.41, 5.74) is 4.62. The Balaban J connectivity index is 1.42. The molecule has 1 fully saturated rings. The van der Waals surface area contributed by atoms with Crippen LogP contribution in [0.2, 0.25) is 0 Å². The molecule has 2 aromatic carbocycles. The summed E-state index contributed by atoms with van der Waals surface area (Å²) in [5.74, 6) is 0.799. The van der Waals surface area contributed by atoms with Gasteiger partial charge in [-0.05, 0) is 49.7 Å². The number of benzene rings is 2. The highest BCUT2D eigenvalue weighted by Gasteiger charge is 2.20. The number of rotatable bonds is 8. The third-order valence-corrected chi connectivity index (χ3v) is 5.47. The van der Waals surface area contributed by atoms with E-state index in [1.54, 1.807) is 24.3 Å². The molecule has 0 amide bonds. The van der Waals surface area contributed by atoms with Crippen molar-refractivity contribution in [3.8, 4) is 5.75 Å². The molecule has 1 aliphatic heterocycles. The highest BCUT2D eigenvalue weighted by atomic mass is 16.5. The Morgan fingerprint density at radius 1 is 1.07 bits per heavy atom. The zero-order valence-corrected chi connectivity index (χ0v) is 17.7. The second-order valence-corrected chi connectivity index (χ2v) is 7.84. The van der Waals surface area contributed by atoms with Crippen molar-refractivity contribution in [1.82, 2.24) is 4.90 Å². The number of ketones is 1. The lowest BCUT2D eigenvalue weighted by atomic mass is 10.1. The van der Waals surface area contributed by atoms with Crippen molar-refractivity contribution < 1.29 is 14.6 Å². The van der Waals surface area contributed by atoms with Crippen LogP contribution in [0.5, 0.6) is 5.75 Å². The van der Waals surface area contributed by atoms with Gasteiger partial charge in [-0.2, -0.15) is 0 Å². The first-order valence-corrected chi connectivity index (χ1v) is 10.4. The van der Waals surface area contributed by atoms with Gasteiger partial charge in [-0.15, -0.1) is 0 Å². The first kappa shape index (κ1) is 21.3. The van der Waals surface area contributed by atoms with Crippen LogP contribution in [-0.4, -0.2) is 61.2 Å². The molecule has 156 valence electrons. The molecular weight excluding hydrogens is 364 g/mol. The van der Waals surface area contributed by atoms with E-state index < -0.39 is 6.10 Å². The van der Waals surface area contributed by atoms with Crippen LogP contribution in [0.25, 0.3) is 0 Å². The van der Waals surface area contributed by atoms with Gasteiger partial charge >= 0.3 is 0 Å². The van der Waals surface area contributed by atoms with Gasteiger partial charge in [-0.25, -0.2) is 0 Å². The average molecular weight is 397 g/mol. The minimum Gasteiger partial charge on any atom is -0.491 e. The number of ether oxygens (including phenoxy) is 1. The van der Waals surface area contributed by atoms with E-state index in [1.807, 2.05) is 6.92 Å². The molecule has 1 saturated heterocycles. The minimum atomic E-state index is -0.542. The topological polar surface area (TPSA) is 53.0 Å². The molecule has 5 heteroatoms. The van der Waals surface area contributed by atoms with Crippen molar-refractivity contribution in [2.75, 3.05) is 44.2 Å². The van der Waals surface area contributed by atoms with Crippen molar-refractivity contribution in [3.63, 3.8) is 0 Å². The maximum absolute atomic E-state index is 11.7. The van der Waals surface area contributed by atoms with Gasteiger partial charge in [-0.1, -0.05) is 24.6 Å². The number of carbonyl (C=O) groups is 1. The first-order chi connectivity index (χ1) is 14.0. The largest absolute Gasteiger partial charge is 0.491 e. The number of aliphatic hydroxyl groups excluding tert-OH is 1. The maximum atomic E-state index is 11.7. The van der Waals surface area contributed by atoms with Gasteiger partial charge < -0.3 is 14.7 Å². The van der Waals surface area contributed by atoms with E-state index >= 15 is 0 Å². The average Bonchev–Trinajstić information content (AvgIpc) is 2.73. The van der Waals surface area contributed by atoms with Crippen LogP contribution in [0.4, 0.5) is 5.69 Å². The van der Waals surface area contributed by atoms with Gasteiger partial charge in [0.05, 0.1) is 0 Å². The van der Waals surface area contributed by atoms with Gasteiger partial charge in [0, 0.05) is 50.4 Å². The molecule has 3 rings (SSSR count). The summed E-state index contributed by atoms with van der Waals surface area (Å²) >= 11 is 0. The number of piperazine rings is 1. The molecule has 5 nitrogen and oxygen atoms in total. The Morgan fingerprint density at radius 3 is 2.38 bits per heavy atom. The number of hydrogen-bond donors (Lipinski definition) is 1. The number of carbonyl (C=O) groups excluding carboxylic acids is 1. The zero-order valence-electron chi connectivity index (χ0n) is 17.7. The smallest absolute Gasteiger partial charge is 0.162 e. The predicted molar refractivity (Wildman–Crippen MR) is 117 cm³/mol. The van der Waals surface area contributed by atoms with Crippen LogP contribution < -0.4 is 9.64 Å². The SMILES string of the molecule is CCC(=O)c1ccc(OC[C@H](O)CN2CCN(c3ccc(C)cc3C)CC2)cc1. The lowest BCUT2D eigenvalue weighted by molar-refractivity contribution is 0.0663. The quantitative estimate of drug-likeness (QED) is 0.693. The normalized spacial score (nSPS) is 15.9. The summed E-state index contributed by atoms with van der Waals surface area (Å²) in [4.78, 5) is 16.4. The molecular formula is C24H32N2O3. The fourth-order valence-electron chi connectivity index (χ4n) is 3.82. The summed E-state index contributed by atoms with van der Waals surface area (Å²) < 4.78 is 5.70. The fraction of sp³-hybridized carbons (Fsp3) is 0.458. The molecule has 0 radical (unpaired) electrons. The summed E-state index contributed by atoms with van der Waals surface area (Å²) in [5, 5.41) is 10.4. The number of anilines is 1. The lowest BCUT2D eigenvalue weighted by Gasteiger charge is -2.37. The van der Waals surface area contributed by atoms with E-state index in [0.29, 0.717) is 24.3 Å². The summed E-state index contributed by atoms with van der Waals surface area (Å²) in [6, 6.07) is 13.7. The number of hydrogen-bond acceptors (Lipinski definition) is 5. The molecule has 1 atom stereocenters. The van der Waals surface area contributed by atoms with Gasteiger partial charge in [0.25, 0.3) is 0 Å². The van der Waals surface area contributed by atoms with Crippen LogP contribution in [0, 0.1) is 13.8 Å². The molecule has 0 unspecified atom stereocenters. The number of aryl methyl sites for hydroxylation is 2. The summed E-state index contributed by atoms with van der Waals surface area (Å²) in [6.45, 7) is 10.8. The van der Waals surface area contributed by atoms with Crippen molar-refractivity contribution in [1.29, 1.82) is 0 Å². The van der Waals surface area contributed by atoms with E-state index in [-0.39, 0.29) is 12.4 Å². The first-order valence-electron chi connectivity index (χ1n) is 10.4. The van der Waals surface area contributed by atoms with Gasteiger partial charge in [0.2, 0.25) is 0 Å². The zero-order chi connectivity index (χ0) is 20.8. The predicted octanol–water partition coefficient (Wildman–Crippen LogP) is 3.46. The summed E-state index contributed by atoms with van der Waals surface area (Å²) in [7, 11) is 0. The third kappa shape index (κ3) is 5.81. The Bertz CT molecular complexity index is 811. The monoisotopic (exact) mass is 396 g/mol. The number of β-amino-alcohol motifs (C(OH)–C–C–N with tert-alkyl or cyclic N) is 1. The van der Waals surface area contributed by atoms with E-state index in [9.17, 15) is 9.90 Å². The molecule has 0 aromatic heterocycles. The lowest BCUT2D eigenvalue weighted by Crippen LogP contribution is -2.49. The van der Waals surface area contributed by atoms with Gasteiger partial charge in [0.15, 0.2) is 5.78 Å². The number of nitrogens with zero attached hydrogens (tertiary/aromatic N) is 2. The van der Waals surface area contributed by atoms with Crippen molar-refractivity contribution in [3.05, 3.63) is 59.2 Å². The van der Waals surface area contributed by atoms with E-state index in [1.165, 1.54) is 16.8 Å². The Hall–Kier alpha value is -2.37. The molecule has 1 N–H and O–H groups in total. The summed E-state index contributed by atoms with van der Waals surface area (Å²) in [6.07, 6.45) is -0.0463. The van der Waals surface area contributed by atoms with Gasteiger partial charge in [0.1, 0.15) is 18.5 Å². The Labute approximate surface area is 173 Å². The van der Waals surface area contributed by atoms with E-state index in [2.05, 4.69) is 41.8 Å². The number of aliphatic hydroxyl groups is 1. The van der Waals surface area contributed by atoms with Crippen LogP contribution >= 0.6 is 0 Å². The second-order valence-electron chi connectivity index (χ2n) is 7.84. The molecule has 0 saturated carbocycles. The Morgan fingerprint density at radius 2 is 1.76 bits per heavy atom. The fourth-order valence-corrected chi connectivity index (χ4v) is 3.82. The van der Waals surface area contributed by atoms with Crippen LogP contribution in [0.3, 0.4) is 0 Å². The molecule has 29 heavy (non-hydrogen) atoms. The van der Waals surface area contributed by atoms with Crippen molar-refractivity contribution in [2.45, 2.75) is 33.3 Å². The van der Waals surface area contributed by atoms with E-state index in [0.717, 1.165) is 26.2 Å². The van der Waals surface area contributed by atoms with Crippen LogP contribution in [-0.2, 0) is 0 Å². The molecule has 2 aromatic rings. The van der Waals surface area contributed by atoms with E-state index in [4.69, 9.17) is 4.74 Å².